The standard InChI is InChI=1S/C56H37N3/c1-4-14-38(15-5-1)39-28-31-45(32-29-39)59-54-23-13-12-22-50(54)51-36-44(30-35-55(51)59)40-24-26-41(27-25-40)46-33-34-49(48-21-11-10-20-47(46)48)53-37-52(42-16-6-2-7-17-42)57-56(58-53)43-18-8-3-9-19-43/h1-37H. The van der Waals surface area contributed by atoms with Gasteiger partial charge in [-0.1, -0.05) is 188 Å². The van der Waals surface area contributed by atoms with Crippen LogP contribution in [0.1, 0.15) is 0 Å². The van der Waals surface area contributed by atoms with Crippen LogP contribution in [0.15, 0.2) is 224 Å². The zero-order chi connectivity index (χ0) is 39.1. The summed E-state index contributed by atoms with van der Waals surface area (Å²) in [7, 11) is 0. The predicted molar refractivity (Wildman–Crippen MR) is 246 cm³/mol. The minimum absolute atomic E-state index is 0.714. The van der Waals surface area contributed by atoms with Gasteiger partial charge in [0.15, 0.2) is 5.82 Å². The van der Waals surface area contributed by atoms with E-state index in [1.807, 2.05) is 24.3 Å². The maximum atomic E-state index is 5.16. The Labute approximate surface area is 343 Å². The minimum atomic E-state index is 0.714. The first-order valence-corrected chi connectivity index (χ1v) is 20.1. The highest BCUT2D eigenvalue weighted by molar-refractivity contribution is 6.10. The Balaban J connectivity index is 0.956. The first-order valence-electron chi connectivity index (χ1n) is 20.1. The molecule has 0 fully saturated rings. The molecule has 3 heteroatoms. The second kappa shape index (κ2) is 14.6. The average molecular weight is 752 g/mol. The van der Waals surface area contributed by atoms with Crippen molar-refractivity contribution in [2.24, 2.45) is 0 Å². The van der Waals surface area contributed by atoms with Crippen molar-refractivity contribution in [3.8, 4) is 73.0 Å². The highest BCUT2D eigenvalue weighted by Gasteiger charge is 2.16. The molecule has 0 aliphatic rings. The fraction of sp³-hybridized carbons (Fsp3) is 0. The normalized spacial score (nSPS) is 11.4. The Kier molecular flexibility index (Phi) is 8.49. The highest BCUT2D eigenvalue weighted by Crippen LogP contribution is 2.39. The summed E-state index contributed by atoms with van der Waals surface area (Å²) in [5.41, 5.74) is 15.7. The average Bonchev–Trinajstić information content (AvgIpc) is 3.66. The van der Waals surface area contributed by atoms with E-state index >= 15 is 0 Å². The van der Waals surface area contributed by atoms with Crippen LogP contribution in [0.3, 0.4) is 0 Å². The van der Waals surface area contributed by atoms with E-state index in [-0.39, 0.29) is 0 Å². The van der Waals surface area contributed by atoms with Gasteiger partial charge >= 0.3 is 0 Å². The Hall–Kier alpha value is -7.88. The van der Waals surface area contributed by atoms with Gasteiger partial charge in [-0.15, -0.1) is 0 Å². The molecule has 2 heterocycles. The molecule has 59 heavy (non-hydrogen) atoms. The van der Waals surface area contributed by atoms with Crippen LogP contribution in [0.4, 0.5) is 0 Å². The molecule has 0 aliphatic carbocycles. The van der Waals surface area contributed by atoms with E-state index < -0.39 is 0 Å². The summed E-state index contributed by atoms with van der Waals surface area (Å²) in [5, 5.41) is 4.83. The van der Waals surface area contributed by atoms with Crippen molar-refractivity contribution >= 4 is 32.6 Å². The van der Waals surface area contributed by atoms with Gasteiger partial charge in [0.05, 0.1) is 22.4 Å². The van der Waals surface area contributed by atoms with Crippen molar-refractivity contribution in [3.05, 3.63) is 224 Å². The Morgan fingerprint density at radius 2 is 0.746 bits per heavy atom. The number of hydrogen-bond donors (Lipinski definition) is 0. The number of rotatable bonds is 7. The lowest BCUT2D eigenvalue weighted by atomic mass is 9.92. The molecular formula is C56H37N3. The third-order valence-electron chi connectivity index (χ3n) is 11.5. The van der Waals surface area contributed by atoms with Crippen molar-refractivity contribution in [2.75, 3.05) is 0 Å². The molecule has 3 nitrogen and oxygen atoms in total. The van der Waals surface area contributed by atoms with Gasteiger partial charge in [-0.25, -0.2) is 9.97 Å². The molecular weight excluding hydrogens is 715 g/mol. The molecule has 0 amide bonds. The quantitative estimate of drug-likeness (QED) is 0.162. The molecule has 0 radical (unpaired) electrons. The van der Waals surface area contributed by atoms with Crippen LogP contribution in [0, 0.1) is 0 Å². The summed E-state index contributed by atoms with van der Waals surface area (Å²) in [5.74, 6) is 0.714. The van der Waals surface area contributed by atoms with Crippen LogP contribution in [-0.4, -0.2) is 14.5 Å². The molecule has 2 aromatic heterocycles. The van der Waals surface area contributed by atoms with Crippen LogP contribution in [-0.2, 0) is 0 Å². The summed E-state index contributed by atoms with van der Waals surface area (Å²) in [4.78, 5) is 10.2. The molecule has 11 rings (SSSR count). The Bertz CT molecular complexity index is 3220. The lowest BCUT2D eigenvalue weighted by Gasteiger charge is -2.14. The SMILES string of the molecule is c1ccc(-c2ccc(-n3c4ccccc4c4cc(-c5ccc(-c6ccc(-c7cc(-c8ccccc8)nc(-c8ccccc8)n7)c7ccccc67)cc5)ccc43)cc2)cc1. The first kappa shape index (κ1) is 34.4. The molecule has 11 aromatic rings. The van der Waals surface area contributed by atoms with Crippen molar-refractivity contribution in [3.63, 3.8) is 0 Å². The van der Waals surface area contributed by atoms with Gasteiger partial charge in [0.2, 0.25) is 0 Å². The molecule has 0 saturated heterocycles. The Morgan fingerprint density at radius 1 is 0.271 bits per heavy atom. The molecule has 0 unspecified atom stereocenters. The van der Waals surface area contributed by atoms with Crippen molar-refractivity contribution in [2.45, 2.75) is 0 Å². The highest BCUT2D eigenvalue weighted by atomic mass is 15.0. The fourth-order valence-corrected chi connectivity index (χ4v) is 8.54. The maximum absolute atomic E-state index is 5.16. The largest absolute Gasteiger partial charge is 0.309 e. The number of benzene rings is 9. The lowest BCUT2D eigenvalue weighted by Crippen LogP contribution is -1.96. The molecule has 0 aliphatic heterocycles. The van der Waals surface area contributed by atoms with Gasteiger partial charge in [0.1, 0.15) is 0 Å². The topological polar surface area (TPSA) is 30.7 Å². The van der Waals surface area contributed by atoms with Crippen molar-refractivity contribution in [1.29, 1.82) is 0 Å². The van der Waals surface area contributed by atoms with Crippen LogP contribution in [0.25, 0.3) is 106 Å². The molecule has 0 atom stereocenters. The molecule has 9 aromatic carbocycles. The zero-order valence-electron chi connectivity index (χ0n) is 32.2. The first-order chi connectivity index (χ1) is 29.2. The third kappa shape index (κ3) is 6.26. The van der Waals surface area contributed by atoms with E-state index in [2.05, 4.69) is 205 Å². The Morgan fingerprint density at radius 3 is 1.46 bits per heavy atom. The summed E-state index contributed by atoms with van der Waals surface area (Å²) >= 11 is 0. The van der Waals surface area contributed by atoms with Crippen LogP contribution >= 0.6 is 0 Å². The molecule has 0 bridgehead atoms. The molecule has 276 valence electrons. The van der Waals surface area contributed by atoms with E-state index in [1.165, 1.54) is 60.6 Å². The summed E-state index contributed by atoms with van der Waals surface area (Å²) in [6.07, 6.45) is 0. The van der Waals surface area contributed by atoms with Crippen molar-refractivity contribution in [1.82, 2.24) is 14.5 Å². The van der Waals surface area contributed by atoms with Gasteiger partial charge in [-0.05, 0) is 80.6 Å². The number of aromatic nitrogens is 3. The van der Waals surface area contributed by atoms with Gasteiger partial charge in [-0.2, -0.15) is 0 Å². The van der Waals surface area contributed by atoms with E-state index in [0.717, 1.165) is 39.2 Å². The summed E-state index contributed by atoms with van der Waals surface area (Å²) < 4.78 is 2.38. The van der Waals surface area contributed by atoms with Crippen LogP contribution in [0.5, 0.6) is 0 Å². The van der Waals surface area contributed by atoms with Crippen LogP contribution in [0.2, 0.25) is 0 Å². The zero-order valence-corrected chi connectivity index (χ0v) is 32.2. The predicted octanol–water partition coefficient (Wildman–Crippen LogP) is 14.7. The van der Waals surface area contributed by atoms with Gasteiger partial charge < -0.3 is 4.57 Å². The second-order valence-electron chi connectivity index (χ2n) is 15.0. The van der Waals surface area contributed by atoms with Crippen molar-refractivity contribution < 1.29 is 0 Å². The summed E-state index contributed by atoms with van der Waals surface area (Å²) in [6, 6.07) is 79.9. The number of para-hydroxylation sites is 1. The maximum Gasteiger partial charge on any atom is 0.160 e. The number of fused-ring (bicyclic) bond motifs is 4. The van der Waals surface area contributed by atoms with Crippen LogP contribution < -0.4 is 0 Å². The van der Waals surface area contributed by atoms with E-state index in [9.17, 15) is 0 Å². The molecule has 0 saturated carbocycles. The van der Waals surface area contributed by atoms with E-state index in [0.29, 0.717) is 5.82 Å². The number of hydrogen-bond acceptors (Lipinski definition) is 2. The van der Waals surface area contributed by atoms with Gasteiger partial charge in [0.25, 0.3) is 0 Å². The summed E-state index contributed by atoms with van der Waals surface area (Å²) in [6.45, 7) is 0. The monoisotopic (exact) mass is 751 g/mol. The van der Waals surface area contributed by atoms with Gasteiger partial charge in [-0.3, -0.25) is 0 Å². The van der Waals surface area contributed by atoms with Gasteiger partial charge in [0, 0.05) is 33.2 Å². The van der Waals surface area contributed by atoms with E-state index in [4.69, 9.17) is 9.97 Å². The molecule has 0 N–H and O–H groups in total. The van der Waals surface area contributed by atoms with E-state index in [1.54, 1.807) is 0 Å². The third-order valence-corrected chi connectivity index (χ3v) is 11.5. The minimum Gasteiger partial charge on any atom is -0.309 e. The lowest BCUT2D eigenvalue weighted by molar-refractivity contribution is 1.18. The number of nitrogens with zero attached hydrogens (tertiary/aromatic N) is 3. The second-order valence-corrected chi connectivity index (χ2v) is 15.0. The fourth-order valence-electron chi connectivity index (χ4n) is 8.54. The molecule has 0 spiro atoms. The smallest absolute Gasteiger partial charge is 0.160 e.